The molecule has 0 unspecified atom stereocenters. The van der Waals surface area contributed by atoms with E-state index in [0.29, 0.717) is 16.7 Å². The van der Waals surface area contributed by atoms with Crippen LogP contribution in [0.1, 0.15) is 16.8 Å². The minimum Gasteiger partial charge on any atom is -0.251 e. The Hall–Kier alpha value is -2.05. The third-order valence-electron chi connectivity index (χ3n) is 2.92. The number of nitrogens with zero attached hydrogens (tertiary/aromatic N) is 1. The molecule has 0 atom stereocenters. The van der Waals surface area contributed by atoms with Crippen LogP contribution in [-0.4, -0.2) is 4.98 Å². The molecule has 0 saturated heterocycles. The van der Waals surface area contributed by atoms with Gasteiger partial charge in [0.1, 0.15) is 5.69 Å². The van der Waals surface area contributed by atoms with Crippen LogP contribution in [0.4, 0.5) is 26.3 Å². The van der Waals surface area contributed by atoms with E-state index >= 15 is 0 Å². The highest BCUT2D eigenvalue weighted by Gasteiger charge is 2.32. The molecule has 112 valence electrons. The van der Waals surface area contributed by atoms with Crippen LogP contribution in [0.3, 0.4) is 0 Å². The molecule has 0 aliphatic heterocycles. The van der Waals surface area contributed by atoms with Crippen LogP contribution in [0.2, 0.25) is 0 Å². The second kappa shape index (κ2) is 5.05. The van der Waals surface area contributed by atoms with Crippen LogP contribution in [0.5, 0.6) is 0 Å². The summed E-state index contributed by atoms with van der Waals surface area (Å²) < 4.78 is 74.8. The SMILES string of the molecule is Cc1cc(C(F)(F)F)ccc1-c1ccc(C(F)(F)F)nc1. The van der Waals surface area contributed by atoms with E-state index in [-0.39, 0.29) is 0 Å². The summed E-state index contributed by atoms with van der Waals surface area (Å²) in [6.45, 7) is 1.46. The molecule has 2 rings (SSSR count). The fourth-order valence-electron chi connectivity index (χ4n) is 1.88. The Bertz CT molecular complexity index is 640. The number of aromatic nitrogens is 1. The summed E-state index contributed by atoms with van der Waals surface area (Å²) in [6, 6.07) is 5.05. The van der Waals surface area contributed by atoms with Crippen molar-refractivity contribution < 1.29 is 26.3 Å². The summed E-state index contributed by atoms with van der Waals surface area (Å²) in [6.07, 6.45) is -8.01. The zero-order valence-electron chi connectivity index (χ0n) is 10.7. The number of hydrogen-bond acceptors (Lipinski definition) is 1. The molecule has 0 aliphatic carbocycles. The van der Waals surface area contributed by atoms with Crippen molar-refractivity contribution in [2.75, 3.05) is 0 Å². The van der Waals surface area contributed by atoms with Crippen molar-refractivity contribution in [2.24, 2.45) is 0 Å². The average molecular weight is 305 g/mol. The molecule has 1 heterocycles. The van der Waals surface area contributed by atoms with Crippen molar-refractivity contribution in [3.05, 3.63) is 53.3 Å². The number of pyridine rings is 1. The van der Waals surface area contributed by atoms with Gasteiger partial charge in [0.25, 0.3) is 0 Å². The number of rotatable bonds is 1. The van der Waals surface area contributed by atoms with Crippen LogP contribution in [0, 0.1) is 6.92 Å². The molecule has 0 N–H and O–H groups in total. The summed E-state index contributed by atoms with van der Waals surface area (Å²) >= 11 is 0. The van der Waals surface area contributed by atoms with E-state index < -0.39 is 23.6 Å². The summed E-state index contributed by atoms with van der Waals surface area (Å²) in [5, 5.41) is 0. The first-order valence-corrected chi connectivity index (χ1v) is 5.80. The monoisotopic (exact) mass is 305 g/mol. The van der Waals surface area contributed by atoms with Gasteiger partial charge in [-0.05, 0) is 36.2 Å². The van der Waals surface area contributed by atoms with E-state index in [1.54, 1.807) is 0 Å². The van der Waals surface area contributed by atoms with Gasteiger partial charge in [-0.15, -0.1) is 0 Å². The highest BCUT2D eigenvalue weighted by atomic mass is 19.4. The first-order chi connectivity index (χ1) is 9.59. The van der Waals surface area contributed by atoms with Gasteiger partial charge in [0, 0.05) is 11.8 Å². The third-order valence-corrected chi connectivity index (χ3v) is 2.92. The van der Waals surface area contributed by atoms with Gasteiger partial charge in [0.2, 0.25) is 0 Å². The Labute approximate surface area is 116 Å². The van der Waals surface area contributed by atoms with Gasteiger partial charge in [-0.3, -0.25) is 4.98 Å². The van der Waals surface area contributed by atoms with Crippen LogP contribution in [-0.2, 0) is 12.4 Å². The number of halogens is 6. The lowest BCUT2D eigenvalue weighted by Gasteiger charge is -2.12. The van der Waals surface area contributed by atoms with Crippen molar-refractivity contribution in [3.63, 3.8) is 0 Å². The molecule has 0 amide bonds. The Kier molecular flexibility index (Phi) is 3.69. The van der Waals surface area contributed by atoms with Crippen LogP contribution in [0.15, 0.2) is 36.5 Å². The van der Waals surface area contributed by atoms with Gasteiger partial charge >= 0.3 is 12.4 Å². The number of aryl methyl sites for hydroxylation is 1. The van der Waals surface area contributed by atoms with Crippen molar-refractivity contribution in [1.82, 2.24) is 4.98 Å². The first-order valence-electron chi connectivity index (χ1n) is 5.80. The Morgan fingerprint density at radius 1 is 0.857 bits per heavy atom. The van der Waals surface area contributed by atoms with Crippen LogP contribution in [0.25, 0.3) is 11.1 Å². The fraction of sp³-hybridized carbons (Fsp3) is 0.214. The first kappa shape index (κ1) is 15.3. The molecule has 0 fully saturated rings. The minimum absolute atomic E-state index is 0.311. The van der Waals surface area contributed by atoms with Gasteiger partial charge in [-0.1, -0.05) is 12.1 Å². The lowest BCUT2D eigenvalue weighted by Crippen LogP contribution is -2.07. The van der Waals surface area contributed by atoms with Gasteiger partial charge in [-0.25, -0.2) is 0 Å². The summed E-state index contributed by atoms with van der Waals surface area (Å²) in [5.74, 6) is 0. The summed E-state index contributed by atoms with van der Waals surface area (Å²) in [7, 11) is 0. The van der Waals surface area contributed by atoms with Gasteiger partial charge in [0.15, 0.2) is 0 Å². The molecule has 1 aromatic carbocycles. The molecule has 0 spiro atoms. The molecule has 7 heteroatoms. The maximum atomic E-state index is 12.5. The maximum absolute atomic E-state index is 12.5. The molecular weight excluding hydrogens is 296 g/mol. The normalized spacial score (nSPS) is 12.5. The number of benzene rings is 1. The van der Waals surface area contributed by atoms with Crippen molar-refractivity contribution in [2.45, 2.75) is 19.3 Å². The van der Waals surface area contributed by atoms with E-state index in [9.17, 15) is 26.3 Å². The third kappa shape index (κ3) is 3.34. The maximum Gasteiger partial charge on any atom is 0.433 e. The van der Waals surface area contributed by atoms with E-state index in [4.69, 9.17) is 0 Å². The highest BCUT2D eigenvalue weighted by Crippen LogP contribution is 2.34. The van der Waals surface area contributed by atoms with Crippen LogP contribution < -0.4 is 0 Å². The van der Waals surface area contributed by atoms with Crippen LogP contribution >= 0.6 is 0 Å². The zero-order valence-corrected chi connectivity index (χ0v) is 10.7. The molecule has 2 aromatic rings. The van der Waals surface area contributed by atoms with Gasteiger partial charge < -0.3 is 0 Å². The summed E-state index contributed by atoms with van der Waals surface area (Å²) in [4.78, 5) is 3.29. The molecule has 1 aromatic heterocycles. The smallest absolute Gasteiger partial charge is 0.251 e. The summed E-state index contributed by atoms with van der Waals surface area (Å²) in [5.41, 5.74) is -0.802. The lowest BCUT2D eigenvalue weighted by molar-refractivity contribution is -0.141. The lowest BCUT2D eigenvalue weighted by atomic mass is 9.99. The Morgan fingerprint density at radius 3 is 1.95 bits per heavy atom. The second-order valence-corrected chi connectivity index (χ2v) is 4.46. The average Bonchev–Trinajstić information content (AvgIpc) is 2.36. The molecule has 21 heavy (non-hydrogen) atoms. The van der Waals surface area contributed by atoms with E-state index in [0.717, 1.165) is 24.4 Å². The van der Waals surface area contributed by atoms with Crippen molar-refractivity contribution in [3.8, 4) is 11.1 Å². The molecule has 0 bridgehead atoms. The molecule has 0 aliphatic rings. The van der Waals surface area contributed by atoms with Crippen molar-refractivity contribution in [1.29, 1.82) is 0 Å². The topological polar surface area (TPSA) is 12.9 Å². The van der Waals surface area contributed by atoms with E-state index in [1.165, 1.54) is 19.1 Å². The second-order valence-electron chi connectivity index (χ2n) is 4.46. The molecular formula is C14H9F6N. The zero-order chi connectivity index (χ0) is 15.8. The quantitative estimate of drug-likeness (QED) is 0.668. The number of hydrogen-bond donors (Lipinski definition) is 0. The standard InChI is InChI=1S/C14H9F6N/c1-8-6-10(13(15,16)17)3-4-11(8)9-2-5-12(21-7-9)14(18,19)20/h2-7H,1H3. The molecule has 0 radical (unpaired) electrons. The van der Waals surface area contributed by atoms with E-state index in [2.05, 4.69) is 4.98 Å². The van der Waals surface area contributed by atoms with Gasteiger partial charge in [0.05, 0.1) is 5.56 Å². The van der Waals surface area contributed by atoms with Crippen molar-refractivity contribution >= 4 is 0 Å². The Morgan fingerprint density at radius 2 is 1.52 bits per heavy atom. The predicted molar refractivity (Wildman–Crippen MR) is 64.4 cm³/mol. The Balaban J connectivity index is 2.39. The number of alkyl halides is 6. The van der Waals surface area contributed by atoms with E-state index in [1.807, 2.05) is 0 Å². The predicted octanol–water partition coefficient (Wildman–Crippen LogP) is 5.09. The minimum atomic E-state index is -4.55. The highest BCUT2D eigenvalue weighted by molar-refractivity contribution is 5.67. The van der Waals surface area contributed by atoms with Gasteiger partial charge in [-0.2, -0.15) is 26.3 Å². The molecule has 1 nitrogen and oxygen atoms in total. The fourth-order valence-corrected chi connectivity index (χ4v) is 1.88. The largest absolute Gasteiger partial charge is 0.433 e. The molecule has 0 saturated carbocycles.